The molecule has 6 rings (SSSR count). The molecule has 4 heterocycles. The SMILES string of the molecule is Cc1nc2c(F)cc(-c3c[nH]c4nc(NCC5(C)CC5)ncc34)cc2n1C1CCN(C)CC1. The van der Waals surface area contributed by atoms with E-state index in [1.807, 2.05) is 19.3 Å². The van der Waals surface area contributed by atoms with E-state index in [2.05, 4.69) is 54.8 Å². The Kier molecular flexibility index (Phi) is 4.69. The summed E-state index contributed by atoms with van der Waals surface area (Å²) in [6.45, 7) is 7.22. The summed E-state index contributed by atoms with van der Waals surface area (Å²) < 4.78 is 17.4. The van der Waals surface area contributed by atoms with Gasteiger partial charge in [-0.25, -0.2) is 14.4 Å². The van der Waals surface area contributed by atoms with Gasteiger partial charge in [0.2, 0.25) is 5.95 Å². The normalized spacial score (nSPS) is 18.9. The molecule has 0 bridgehead atoms. The van der Waals surface area contributed by atoms with E-state index in [-0.39, 0.29) is 5.82 Å². The quantitative estimate of drug-likeness (QED) is 0.455. The molecule has 1 saturated carbocycles. The lowest BCUT2D eigenvalue weighted by Crippen LogP contribution is -2.31. The summed E-state index contributed by atoms with van der Waals surface area (Å²) in [5.41, 5.74) is 4.16. The number of imidazole rings is 1. The molecule has 0 amide bonds. The second-order valence-electron chi connectivity index (χ2n) is 10.2. The van der Waals surface area contributed by atoms with Gasteiger partial charge < -0.3 is 19.8 Å². The van der Waals surface area contributed by atoms with Crippen LogP contribution in [0.25, 0.3) is 33.2 Å². The van der Waals surface area contributed by atoms with Crippen LogP contribution in [-0.2, 0) is 0 Å². The van der Waals surface area contributed by atoms with Gasteiger partial charge in [-0.15, -0.1) is 0 Å². The Morgan fingerprint density at radius 2 is 2.00 bits per heavy atom. The molecule has 2 aliphatic rings. The number of piperidine rings is 1. The number of fused-ring (bicyclic) bond motifs is 2. The summed E-state index contributed by atoms with van der Waals surface area (Å²) in [5, 5.41) is 4.24. The number of rotatable bonds is 5. The standard InChI is InChI=1S/C25H30FN7/c1-15-30-22-20(26)10-16(11-21(22)33(15)17-4-8-32(3)9-5-17)18-12-27-23-19(18)13-28-24(31-23)29-14-25(2)6-7-25/h10-13,17H,4-9,14H2,1-3H3,(H2,27,28,29,31). The molecule has 1 aromatic carbocycles. The topological polar surface area (TPSA) is 74.7 Å². The van der Waals surface area contributed by atoms with Crippen LogP contribution in [0.2, 0.25) is 0 Å². The minimum Gasteiger partial charge on any atom is -0.354 e. The molecule has 2 N–H and O–H groups in total. The average molecular weight is 448 g/mol. The van der Waals surface area contributed by atoms with E-state index in [0.717, 1.165) is 66.0 Å². The van der Waals surface area contributed by atoms with Crippen molar-refractivity contribution in [1.82, 2.24) is 29.4 Å². The van der Waals surface area contributed by atoms with Crippen molar-refractivity contribution in [3.05, 3.63) is 36.2 Å². The van der Waals surface area contributed by atoms with Crippen molar-refractivity contribution >= 4 is 28.0 Å². The third-order valence-corrected chi connectivity index (χ3v) is 7.50. The van der Waals surface area contributed by atoms with Crippen LogP contribution >= 0.6 is 0 Å². The molecule has 0 unspecified atom stereocenters. The number of likely N-dealkylation sites (tertiary alicyclic amines) is 1. The van der Waals surface area contributed by atoms with Gasteiger partial charge in [-0.1, -0.05) is 6.92 Å². The zero-order chi connectivity index (χ0) is 22.7. The largest absolute Gasteiger partial charge is 0.354 e. The Morgan fingerprint density at radius 1 is 1.21 bits per heavy atom. The van der Waals surface area contributed by atoms with Crippen LogP contribution in [0.3, 0.4) is 0 Å². The number of aryl methyl sites for hydroxylation is 1. The predicted octanol–water partition coefficient (Wildman–Crippen LogP) is 4.90. The number of aromatic nitrogens is 5. The van der Waals surface area contributed by atoms with Crippen molar-refractivity contribution in [2.24, 2.45) is 5.41 Å². The zero-order valence-corrected chi connectivity index (χ0v) is 19.5. The van der Waals surface area contributed by atoms with Gasteiger partial charge in [-0.05, 0) is 75.9 Å². The van der Waals surface area contributed by atoms with Gasteiger partial charge in [-0.3, -0.25) is 0 Å². The zero-order valence-electron chi connectivity index (χ0n) is 19.5. The maximum absolute atomic E-state index is 15.2. The number of nitrogens with one attached hydrogen (secondary N) is 2. The summed E-state index contributed by atoms with van der Waals surface area (Å²) in [4.78, 5) is 19.4. The third kappa shape index (κ3) is 3.66. The maximum Gasteiger partial charge on any atom is 0.224 e. The Balaban J connectivity index is 1.38. The fourth-order valence-electron chi connectivity index (χ4n) is 5.05. The molecular formula is C25H30FN7. The third-order valence-electron chi connectivity index (χ3n) is 7.50. The van der Waals surface area contributed by atoms with Crippen molar-refractivity contribution in [3.63, 3.8) is 0 Å². The molecule has 0 atom stereocenters. The highest BCUT2D eigenvalue weighted by Gasteiger charge is 2.37. The highest BCUT2D eigenvalue weighted by Crippen LogP contribution is 2.44. The molecule has 7 nitrogen and oxygen atoms in total. The molecule has 1 aliphatic carbocycles. The molecule has 172 valence electrons. The number of hydrogen-bond acceptors (Lipinski definition) is 5. The van der Waals surface area contributed by atoms with Crippen LogP contribution in [-0.4, -0.2) is 56.1 Å². The lowest BCUT2D eigenvalue weighted by molar-refractivity contribution is 0.222. The Labute approximate surface area is 192 Å². The number of aromatic amines is 1. The van der Waals surface area contributed by atoms with Gasteiger partial charge in [0.05, 0.1) is 5.52 Å². The van der Waals surface area contributed by atoms with E-state index in [1.165, 1.54) is 12.8 Å². The first kappa shape index (κ1) is 20.6. The van der Waals surface area contributed by atoms with Gasteiger partial charge in [0.25, 0.3) is 0 Å². The molecule has 8 heteroatoms. The van der Waals surface area contributed by atoms with Crippen LogP contribution in [0.5, 0.6) is 0 Å². The summed E-state index contributed by atoms with van der Waals surface area (Å²) >= 11 is 0. The molecule has 1 saturated heterocycles. The lowest BCUT2D eigenvalue weighted by Gasteiger charge is -2.30. The molecule has 2 fully saturated rings. The van der Waals surface area contributed by atoms with Gasteiger partial charge in [0.15, 0.2) is 5.82 Å². The maximum atomic E-state index is 15.2. The van der Waals surface area contributed by atoms with Crippen LogP contribution in [0.15, 0.2) is 24.5 Å². The number of nitrogens with zero attached hydrogens (tertiary/aromatic N) is 5. The number of hydrogen-bond donors (Lipinski definition) is 2. The summed E-state index contributed by atoms with van der Waals surface area (Å²) in [7, 11) is 2.15. The smallest absolute Gasteiger partial charge is 0.224 e. The minimum atomic E-state index is -0.288. The number of halogens is 1. The molecule has 3 aromatic heterocycles. The average Bonchev–Trinajstić information content (AvgIpc) is 3.24. The predicted molar refractivity (Wildman–Crippen MR) is 129 cm³/mol. The van der Waals surface area contributed by atoms with Crippen LogP contribution in [0.1, 0.15) is 44.5 Å². The fraction of sp³-hybridized carbons (Fsp3) is 0.480. The molecule has 33 heavy (non-hydrogen) atoms. The number of anilines is 1. The van der Waals surface area contributed by atoms with Crippen molar-refractivity contribution in [3.8, 4) is 11.1 Å². The van der Waals surface area contributed by atoms with E-state index < -0.39 is 0 Å². The van der Waals surface area contributed by atoms with Crippen LogP contribution in [0.4, 0.5) is 10.3 Å². The monoisotopic (exact) mass is 447 g/mol. The van der Waals surface area contributed by atoms with E-state index in [1.54, 1.807) is 6.07 Å². The summed E-state index contributed by atoms with van der Waals surface area (Å²) in [6.07, 6.45) is 8.31. The summed E-state index contributed by atoms with van der Waals surface area (Å²) in [5.74, 6) is 1.21. The minimum absolute atomic E-state index is 0.288. The number of H-pyrrole nitrogens is 1. The highest BCUT2D eigenvalue weighted by atomic mass is 19.1. The second-order valence-corrected chi connectivity index (χ2v) is 10.2. The fourth-order valence-corrected chi connectivity index (χ4v) is 5.05. The van der Waals surface area contributed by atoms with Gasteiger partial charge in [0.1, 0.15) is 17.0 Å². The van der Waals surface area contributed by atoms with Crippen LogP contribution < -0.4 is 5.32 Å². The van der Waals surface area contributed by atoms with E-state index >= 15 is 4.39 Å². The first-order valence-corrected chi connectivity index (χ1v) is 11.9. The second kappa shape index (κ2) is 7.52. The highest BCUT2D eigenvalue weighted by molar-refractivity contribution is 5.96. The first-order valence-electron chi connectivity index (χ1n) is 11.9. The van der Waals surface area contributed by atoms with Gasteiger partial charge >= 0.3 is 0 Å². The molecule has 1 aliphatic heterocycles. The molecule has 4 aromatic rings. The van der Waals surface area contributed by atoms with Crippen molar-refractivity contribution in [2.45, 2.75) is 45.6 Å². The summed E-state index contributed by atoms with van der Waals surface area (Å²) in [6, 6.07) is 3.99. The number of benzene rings is 1. The van der Waals surface area contributed by atoms with Crippen LogP contribution in [0, 0.1) is 18.2 Å². The van der Waals surface area contributed by atoms with E-state index in [0.29, 0.717) is 22.9 Å². The van der Waals surface area contributed by atoms with Gasteiger partial charge in [0, 0.05) is 35.9 Å². The lowest BCUT2D eigenvalue weighted by atomic mass is 10.0. The molecular weight excluding hydrogens is 417 g/mol. The van der Waals surface area contributed by atoms with Crippen molar-refractivity contribution in [2.75, 3.05) is 32.0 Å². The van der Waals surface area contributed by atoms with Crippen molar-refractivity contribution in [1.29, 1.82) is 0 Å². The van der Waals surface area contributed by atoms with Crippen molar-refractivity contribution < 1.29 is 4.39 Å². The molecule has 0 radical (unpaired) electrons. The Bertz CT molecular complexity index is 1340. The first-order chi connectivity index (χ1) is 15.9. The Morgan fingerprint density at radius 3 is 2.76 bits per heavy atom. The van der Waals surface area contributed by atoms with E-state index in [4.69, 9.17) is 0 Å². The van der Waals surface area contributed by atoms with E-state index in [9.17, 15) is 0 Å². The Hall–Kier alpha value is -3.00. The van der Waals surface area contributed by atoms with Gasteiger partial charge in [-0.2, -0.15) is 4.98 Å². The molecule has 0 spiro atoms.